The Hall–Kier alpha value is 0.920. The molecule has 0 N–H and O–H groups in total. The third kappa shape index (κ3) is 2.20. The zero-order valence-electron chi connectivity index (χ0n) is 4.57. The van der Waals surface area contributed by atoms with Crippen LogP contribution in [0, 0.1) is 0 Å². The lowest BCUT2D eigenvalue weighted by Gasteiger charge is -2.10. The van der Waals surface area contributed by atoms with E-state index in [9.17, 15) is 0 Å². The van der Waals surface area contributed by atoms with E-state index in [-0.39, 0.29) is 2.14 Å². The molecule has 0 aliphatic heterocycles. The van der Waals surface area contributed by atoms with Crippen LogP contribution in [0.5, 0.6) is 0 Å². The maximum absolute atomic E-state index is 3.42. The Kier molecular flexibility index (Phi) is 2.57. The zero-order valence-corrected chi connectivity index (χ0v) is 9.33. The standard InChI is InChI=1S/C6H5Br3/c7-6(8,9)5-3-1-2-4-5/h1,3-4H,2H2. The first kappa shape index (κ1) is 8.02. The van der Waals surface area contributed by atoms with Crippen molar-refractivity contribution in [2.24, 2.45) is 0 Å². The molecule has 1 aliphatic carbocycles. The fourth-order valence-electron chi connectivity index (χ4n) is 0.668. The molecule has 0 atom stereocenters. The molecule has 0 saturated carbocycles. The average Bonchev–Trinajstić information content (AvgIpc) is 2.08. The molecule has 0 spiro atoms. The molecule has 0 heterocycles. The molecule has 0 nitrogen and oxygen atoms in total. The van der Waals surface area contributed by atoms with Crippen LogP contribution in [0.1, 0.15) is 6.42 Å². The predicted octanol–water partition coefficient (Wildman–Crippen LogP) is 3.71. The summed E-state index contributed by atoms with van der Waals surface area (Å²) < 4.78 is -0.208. The van der Waals surface area contributed by atoms with Gasteiger partial charge in [-0.25, -0.2) is 0 Å². The highest BCUT2D eigenvalue weighted by atomic mass is 80.0. The number of allylic oxidation sites excluding steroid dienone is 4. The summed E-state index contributed by atoms with van der Waals surface area (Å²) in [5.41, 5.74) is 1.22. The summed E-state index contributed by atoms with van der Waals surface area (Å²) in [6.07, 6.45) is 7.39. The maximum Gasteiger partial charge on any atom is 0.159 e. The van der Waals surface area contributed by atoms with Crippen molar-refractivity contribution in [2.45, 2.75) is 8.56 Å². The van der Waals surface area contributed by atoms with Gasteiger partial charge in [0.25, 0.3) is 0 Å². The van der Waals surface area contributed by atoms with Gasteiger partial charge in [-0.2, -0.15) is 0 Å². The van der Waals surface area contributed by atoms with E-state index in [1.807, 2.05) is 0 Å². The summed E-state index contributed by atoms with van der Waals surface area (Å²) in [6.45, 7) is 0. The smallest absolute Gasteiger partial charge is 0.0804 e. The van der Waals surface area contributed by atoms with Crippen LogP contribution in [0.15, 0.2) is 23.8 Å². The van der Waals surface area contributed by atoms with Crippen molar-refractivity contribution in [2.75, 3.05) is 0 Å². The maximum atomic E-state index is 3.42. The van der Waals surface area contributed by atoms with Gasteiger partial charge in [-0.05, 0) is 12.0 Å². The molecule has 0 saturated heterocycles. The summed E-state index contributed by atoms with van der Waals surface area (Å²) in [5, 5.41) is 0. The van der Waals surface area contributed by atoms with E-state index < -0.39 is 0 Å². The second-order valence-electron chi connectivity index (χ2n) is 1.80. The van der Waals surface area contributed by atoms with Gasteiger partial charge in [0.05, 0.1) is 0 Å². The Morgan fingerprint density at radius 1 is 1.33 bits per heavy atom. The van der Waals surface area contributed by atoms with E-state index in [0.717, 1.165) is 6.42 Å². The molecular formula is C6H5Br3. The molecule has 0 aromatic rings. The van der Waals surface area contributed by atoms with Gasteiger partial charge in [0.1, 0.15) is 0 Å². The Labute approximate surface area is 79.8 Å². The van der Waals surface area contributed by atoms with Crippen molar-refractivity contribution in [3.63, 3.8) is 0 Å². The van der Waals surface area contributed by atoms with E-state index in [4.69, 9.17) is 0 Å². The molecular weight excluding hydrogens is 312 g/mol. The molecule has 0 radical (unpaired) electrons. The number of alkyl halides is 3. The Bertz CT molecular complexity index is 162. The third-order valence-corrected chi connectivity index (χ3v) is 2.47. The topological polar surface area (TPSA) is 0 Å². The van der Waals surface area contributed by atoms with Crippen molar-refractivity contribution in [1.29, 1.82) is 0 Å². The molecule has 50 valence electrons. The van der Waals surface area contributed by atoms with Gasteiger partial charge in [0.2, 0.25) is 0 Å². The van der Waals surface area contributed by atoms with Gasteiger partial charge in [0.15, 0.2) is 2.14 Å². The van der Waals surface area contributed by atoms with Crippen LogP contribution in [0.3, 0.4) is 0 Å². The largest absolute Gasteiger partial charge is 0.159 e. The lowest BCUT2D eigenvalue weighted by atomic mass is 10.3. The lowest BCUT2D eigenvalue weighted by Crippen LogP contribution is -1.99. The van der Waals surface area contributed by atoms with E-state index in [0.29, 0.717) is 0 Å². The molecule has 0 amide bonds. The normalized spacial score (nSPS) is 18.3. The number of halogens is 3. The third-order valence-electron chi connectivity index (χ3n) is 1.10. The van der Waals surface area contributed by atoms with Crippen LogP contribution < -0.4 is 0 Å². The number of hydrogen-bond acceptors (Lipinski definition) is 0. The minimum atomic E-state index is -0.208. The van der Waals surface area contributed by atoms with E-state index in [1.54, 1.807) is 0 Å². The Morgan fingerprint density at radius 2 is 2.00 bits per heavy atom. The van der Waals surface area contributed by atoms with Crippen molar-refractivity contribution in [3.05, 3.63) is 23.8 Å². The van der Waals surface area contributed by atoms with Gasteiger partial charge in [0, 0.05) is 0 Å². The van der Waals surface area contributed by atoms with Gasteiger partial charge in [-0.3, -0.25) is 0 Å². The second-order valence-corrected chi connectivity index (χ2v) is 8.56. The van der Waals surface area contributed by atoms with E-state index in [1.165, 1.54) is 5.57 Å². The first-order valence-corrected chi connectivity index (χ1v) is 4.92. The van der Waals surface area contributed by atoms with Gasteiger partial charge < -0.3 is 0 Å². The summed E-state index contributed by atoms with van der Waals surface area (Å²) in [6, 6.07) is 0. The minimum absolute atomic E-state index is 0.208. The minimum Gasteiger partial charge on any atom is -0.0804 e. The quantitative estimate of drug-likeness (QED) is 0.598. The van der Waals surface area contributed by atoms with Crippen LogP contribution in [-0.2, 0) is 0 Å². The molecule has 0 unspecified atom stereocenters. The first-order valence-electron chi connectivity index (χ1n) is 2.54. The number of rotatable bonds is 0. The Balaban J connectivity index is 2.73. The average molecular weight is 317 g/mol. The fraction of sp³-hybridized carbons (Fsp3) is 0.333. The lowest BCUT2D eigenvalue weighted by molar-refractivity contribution is 1.40. The summed E-state index contributed by atoms with van der Waals surface area (Å²) in [4.78, 5) is 0. The SMILES string of the molecule is BrC(Br)(Br)C1=CCC=C1. The molecule has 0 aromatic heterocycles. The monoisotopic (exact) mass is 314 g/mol. The van der Waals surface area contributed by atoms with Crippen LogP contribution in [0.4, 0.5) is 0 Å². The molecule has 3 heteroatoms. The van der Waals surface area contributed by atoms with Gasteiger partial charge >= 0.3 is 0 Å². The molecule has 1 rings (SSSR count). The van der Waals surface area contributed by atoms with Crippen molar-refractivity contribution < 1.29 is 0 Å². The Morgan fingerprint density at radius 3 is 2.22 bits per heavy atom. The van der Waals surface area contributed by atoms with Gasteiger partial charge in [-0.1, -0.05) is 66.0 Å². The van der Waals surface area contributed by atoms with Crippen LogP contribution in [-0.4, -0.2) is 2.14 Å². The summed E-state index contributed by atoms with van der Waals surface area (Å²) >= 11 is 10.3. The van der Waals surface area contributed by atoms with Crippen LogP contribution >= 0.6 is 47.8 Å². The molecule has 0 aromatic carbocycles. The highest BCUT2D eigenvalue weighted by Crippen LogP contribution is 2.42. The van der Waals surface area contributed by atoms with Crippen LogP contribution in [0.25, 0.3) is 0 Å². The van der Waals surface area contributed by atoms with Crippen LogP contribution in [0.2, 0.25) is 0 Å². The van der Waals surface area contributed by atoms with Gasteiger partial charge in [-0.15, -0.1) is 0 Å². The second kappa shape index (κ2) is 2.89. The van der Waals surface area contributed by atoms with E-state index >= 15 is 0 Å². The van der Waals surface area contributed by atoms with Crippen molar-refractivity contribution in [1.82, 2.24) is 0 Å². The van der Waals surface area contributed by atoms with Crippen molar-refractivity contribution in [3.8, 4) is 0 Å². The molecule has 1 aliphatic rings. The molecule has 9 heavy (non-hydrogen) atoms. The molecule has 0 fully saturated rings. The number of hydrogen-bond donors (Lipinski definition) is 0. The molecule has 0 bridgehead atoms. The fourth-order valence-corrected chi connectivity index (χ4v) is 1.55. The highest BCUT2D eigenvalue weighted by Gasteiger charge is 2.22. The zero-order chi connectivity index (χ0) is 6.91. The van der Waals surface area contributed by atoms with E-state index in [2.05, 4.69) is 66.0 Å². The summed E-state index contributed by atoms with van der Waals surface area (Å²) in [5.74, 6) is 0. The highest BCUT2D eigenvalue weighted by molar-refractivity contribution is 9.39. The summed E-state index contributed by atoms with van der Waals surface area (Å²) in [7, 11) is 0. The first-order chi connectivity index (χ1) is 4.11. The predicted molar refractivity (Wildman–Crippen MR) is 51.4 cm³/mol. The van der Waals surface area contributed by atoms with Crippen molar-refractivity contribution >= 4 is 47.8 Å².